The van der Waals surface area contributed by atoms with Gasteiger partial charge in [-0.3, -0.25) is 14.5 Å². The Kier molecular flexibility index (Phi) is 6.43. The van der Waals surface area contributed by atoms with Crippen LogP contribution >= 0.6 is 0 Å². The smallest absolute Gasteiger partial charge is 0.257 e. The van der Waals surface area contributed by atoms with E-state index in [9.17, 15) is 9.59 Å². The van der Waals surface area contributed by atoms with Gasteiger partial charge in [-0.1, -0.05) is 0 Å². The first-order valence-electron chi connectivity index (χ1n) is 11.2. The summed E-state index contributed by atoms with van der Waals surface area (Å²) in [6.07, 6.45) is 9.44. The van der Waals surface area contributed by atoms with Crippen LogP contribution in [0.25, 0.3) is 0 Å². The van der Waals surface area contributed by atoms with E-state index in [0.717, 1.165) is 89.3 Å². The molecular weight excluding hydrogens is 366 g/mol. The number of carbonyl (C=O) groups is 2. The van der Waals surface area contributed by atoms with Gasteiger partial charge in [-0.05, 0) is 58.4 Å². The number of nitrogens with zero attached hydrogens (tertiary/aromatic N) is 5. The highest BCUT2D eigenvalue weighted by molar-refractivity contribution is 5.95. The minimum atomic E-state index is 0.0650. The van der Waals surface area contributed by atoms with Gasteiger partial charge in [-0.2, -0.15) is 0 Å². The fraction of sp³-hybridized carbons (Fsp3) is 0.727. The predicted molar refractivity (Wildman–Crippen MR) is 111 cm³/mol. The van der Waals surface area contributed by atoms with E-state index in [4.69, 9.17) is 4.98 Å². The number of hydrogen-bond acceptors (Lipinski definition) is 5. The van der Waals surface area contributed by atoms with Crippen LogP contribution in [0.1, 0.15) is 72.7 Å². The second-order valence-electron chi connectivity index (χ2n) is 8.74. The summed E-state index contributed by atoms with van der Waals surface area (Å²) in [6.45, 7) is 7.68. The van der Waals surface area contributed by atoms with Crippen LogP contribution in [0.5, 0.6) is 0 Å². The van der Waals surface area contributed by atoms with Crippen LogP contribution in [0.3, 0.4) is 0 Å². The van der Waals surface area contributed by atoms with Gasteiger partial charge in [0.05, 0.1) is 17.8 Å². The molecule has 1 aromatic heterocycles. The molecule has 3 aliphatic rings. The number of aryl methyl sites for hydroxylation is 1. The summed E-state index contributed by atoms with van der Waals surface area (Å²) >= 11 is 0. The van der Waals surface area contributed by atoms with Gasteiger partial charge in [-0.15, -0.1) is 0 Å². The number of amides is 2. The first-order chi connectivity index (χ1) is 14.1. The third-order valence-corrected chi connectivity index (χ3v) is 6.56. The van der Waals surface area contributed by atoms with E-state index >= 15 is 0 Å². The first kappa shape index (κ1) is 20.3. The van der Waals surface area contributed by atoms with Gasteiger partial charge in [-0.25, -0.2) is 9.97 Å². The Balaban J connectivity index is 1.39. The van der Waals surface area contributed by atoms with Gasteiger partial charge in [0.15, 0.2) is 0 Å². The zero-order chi connectivity index (χ0) is 20.2. The van der Waals surface area contributed by atoms with Crippen molar-refractivity contribution in [2.24, 2.45) is 0 Å². The average Bonchev–Trinajstić information content (AvgIpc) is 3.29. The zero-order valence-electron chi connectivity index (χ0n) is 17.6. The molecule has 29 heavy (non-hydrogen) atoms. The van der Waals surface area contributed by atoms with Crippen LogP contribution in [-0.4, -0.2) is 82.3 Å². The van der Waals surface area contributed by atoms with Crippen molar-refractivity contribution in [3.8, 4) is 0 Å². The lowest BCUT2D eigenvalue weighted by atomic mass is 9.96. The van der Waals surface area contributed by atoms with E-state index in [2.05, 4.69) is 9.88 Å². The molecule has 158 valence electrons. The number of likely N-dealkylation sites (tertiary alicyclic amines) is 3. The van der Waals surface area contributed by atoms with Gasteiger partial charge in [0.1, 0.15) is 5.82 Å². The van der Waals surface area contributed by atoms with Crippen LogP contribution in [0.2, 0.25) is 0 Å². The molecule has 4 rings (SSSR count). The lowest BCUT2D eigenvalue weighted by molar-refractivity contribution is -0.131. The summed E-state index contributed by atoms with van der Waals surface area (Å²) in [6, 6.07) is 0. The fourth-order valence-corrected chi connectivity index (χ4v) is 4.83. The minimum absolute atomic E-state index is 0.0650. The van der Waals surface area contributed by atoms with Crippen molar-refractivity contribution in [1.82, 2.24) is 24.7 Å². The van der Waals surface area contributed by atoms with E-state index in [-0.39, 0.29) is 17.7 Å². The van der Waals surface area contributed by atoms with Crippen molar-refractivity contribution in [2.45, 2.75) is 57.8 Å². The highest BCUT2D eigenvalue weighted by Gasteiger charge is 2.28. The Bertz CT molecular complexity index is 741. The number of piperidine rings is 2. The van der Waals surface area contributed by atoms with Crippen molar-refractivity contribution in [3.63, 3.8) is 0 Å². The second kappa shape index (κ2) is 9.20. The molecule has 1 unspecified atom stereocenters. The highest BCUT2D eigenvalue weighted by atomic mass is 16.2. The van der Waals surface area contributed by atoms with Crippen LogP contribution in [0.4, 0.5) is 0 Å². The second-order valence-corrected chi connectivity index (χ2v) is 8.74. The van der Waals surface area contributed by atoms with Crippen molar-refractivity contribution in [2.75, 3.05) is 45.8 Å². The third kappa shape index (κ3) is 4.77. The van der Waals surface area contributed by atoms with Gasteiger partial charge in [0.25, 0.3) is 5.91 Å². The Morgan fingerprint density at radius 2 is 1.66 bits per heavy atom. The molecule has 3 fully saturated rings. The summed E-state index contributed by atoms with van der Waals surface area (Å²) in [5.74, 6) is 1.36. The summed E-state index contributed by atoms with van der Waals surface area (Å²) in [4.78, 5) is 40.8. The maximum atomic E-state index is 12.8. The monoisotopic (exact) mass is 399 g/mol. The lowest BCUT2D eigenvalue weighted by Gasteiger charge is -2.32. The van der Waals surface area contributed by atoms with Gasteiger partial charge >= 0.3 is 0 Å². The molecule has 4 heterocycles. The first-order valence-corrected chi connectivity index (χ1v) is 11.2. The van der Waals surface area contributed by atoms with Crippen molar-refractivity contribution < 1.29 is 9.59 Å². The summed E-state index contributed by atoms with van der Waals surface area (Å²) in [5.41, 5.74) is 1.41. The fourth-order valence-electron chi connectivity index (χ4n) is 4.83. The van der Waals surface area contributed by atoms with Crippen LogP contribution in [-0.2, 0) is 4.79 Å². The summed E-state index contributed by atoms with van der Waals surface area (Å²) < 4.78 is 0. The average molecular weight is 400 g/mol. The summed E-state index contributed by atoms with van der Waals surface area (Å²) in [5, 5.41) is 0. The molecular formula is C22H33N5O2. The molecule has 1 aromatic rings. The molecule has 3 saturated heterocycles. The molecule has 0 N–H and O–H groups in total. The molecule has 0 saturated carbocycles. The van der Waals surface area contributed by atoms with Crippen LogP contribution in [0, 0.1) is 6.92 Å². The van der Waals surface area contributed by atoms with E-state index < -0.39 is 0 Å². The number of carbonyl (C=O) groups excluding carboxylic acids is 2. The number of hydrogen-bond donors (Lipinski definition) is 0. The van der Waals surface area contributed by atoms with E-state index in [1.54, 1.807) is 6.20 Å². The van der Waals surface area contributed by atoms with Gasteiger partial charge in [0.2, 0.25) is 5.91 Å². The minimum Gasteiger partial charge on any atom is -0.342 e. The topological polar surface area (TPSA) is 69.6 Å². The number of aromatic nitrogens is 2. The normalized spacial score (nSPS) is 23.4. The van der Waals surface area contributed by atoms with E-state index in [1.807, 2.05) is 16.7 Å². The van der Waals surface area contributed by atoms with Gasteiger partial charge < -0.3 is 9.80 Å². The predicted octanol–water partition coefficient (Wildman–Crippen LogP) is 2.21. The van der Waals surface area contributed by atoms with Gasteiger partial charge in [0, 0.05) is 44.8 Å². The molecule has 0 radical (unpaired) electrons. The third-order valence-electron chi connectivity index (χ3n) is 6.56. The van der Waals surface area contributed by atoms with Crippen molar-refractivity contribution in [1.29, 1.82) is 0 Å². The lowest BCUT2D eigenvalue weighted by Crippen LogP contribution is -2.43. The molecule has 3 aliphatic heterocycles. The quantitative estimate of drug-likeness (QED) is 0.776. The highest BCUT2D eigenvalue weighted by Crippen LogP contribution is 2.25. The largest absolute Gasteiger partial charge is 0.342 e. The number of rotatable bonds is 4. The molecule has 2 amide bonds. The molecule has 0 bridgehead atoms. The maximum absolute atomic E-state index is 12.8. The Labute approximate surface area is 173 Å². The van der Waals surface area contributed by atoms with Crippen molar-refractivity contribution >= 4 is 11.8 Å². The Morgan fingerprint density at radius 1 is 0.966 bits per heavy atom. The Morgan fingerprint density at radius 3 is 2.38 bits per heavy atom. The molecule has 1 atom stereocenters. The molecule has 0 aliphatic carbocycles. The standard InChI is InChI=1S/C22H33N5O2/c1-17-19(22(29)27-12-3-2-4-13-27)14-23-21(24-17)18-8-7-9-25(15-18)16-20(28)26-10-5-6-11-26/h14,18H,2-13,15-16H2,1H3. The molecule has 7 nitrogen and oxygen atoms in total. The molecule has 7 heteroatoms. The Hall–Kier alpha value is -2.02. The molecule has 0 spiro atoms. The maximum Gasteiger partial charge on any atom is 0.257 e. The SMILES string of the molecule is Cc1nc(C2CCCN(CC(=O)N3CCCC3)C2)ncc1C(=O)N1CCCCC1. The van der Waals surface area contributed by atoms with E-state index in [0.29, 0.717) is 12.1 Å². The van der Waals surface area contributed by atoms with Crippen LogP contribution < -0.4 is 0 Å². The zero-order valence-corrected chi connectivity index (χ0v) is 17.6. The van der Waals surface area contributed by atoms with Crippen LogP contribution in [0.15, 0.2) is 6.20 Å². The van der Waals surface area contributed by atoms with Crippen molar-refractivity contribution in [3.05, 3.63) is 23.3 Å². The van der Waals surface area contributed by atoms with E-state index in [1.165, 1.54) is 6.42 Å². The molecule has 0 aromatic carbocycles. The summed E-state index contributed by atoms with van der Waals surface area (Å²) in [7, 11) is 0.